The van der Waals surface area contributed by atoms with Crippen molar-refractivity contribution in [3.8, 4) is 11.8 Å². The Morgan fingerprint density at radius 3 is 2.29 bits per heavy atom. The molecule has 0 spiro atoms. The minimum absolute atomic E-state index is 0.00933. The first-order valence-corrected chi connectivity index (χ1v) is 10.8. The molecular weight excluding hydrogens is 463 g/mol. The van der Waals surface area contributed by atoms with Gasteiger partial charge < -0.3 is 20.3 Å². The Labute approximate surface area is 201 Å². The number of anilines is 1. The molecule has 0 saturated carbocycles. The van der Waals surface area contributed by atoms with Gasteiger partial charge in [-0.2, -0.15) is 13.2 Å². The van der Waals surface area contributed by atoms with E-state index in [0.717, 1.165) is 0 Å². The Hall–Kier alpha value is -3.35. The summed E-state index contributed by atoms with van der Waals surface area (Å²) in [6, 6.07) is 10.8. The Kier molecular flexibility index (Phi) is 6.77. The molecule has 35 heavy (non-hydrogen) atoms. The number of esters is 1. The number of carbonyl (C=O) groups excluding carboxylic acids is 2. The molecular formula is C26H26F3NO5. The van der Waals surface area contributed by atoms with Crippen LogP contribution in [0, 0.1) is 11.8 Å². The molecule has 1 amide bonds. The number of fused-ring (bicyclic) bond motifs is 1. The summed E-state index contributed by atoms with van der Waals surface area (Å²) in [5.74, 6) is 2.76. The summed E-state index contributed by atoms with van der Waals surface area (Å²) in [4.78, 5) is 25.0. The predicted molar refractivity (Wildman–Crippen MR) is 122 cm³/mol. The van der Waals surface area contributed by atoms with Crippen LogP contribution in [0.1, 0.15) is 61.2 Å². The number of alkyl halides is 3. The molecule has 1 aliphatic heterocycles. The highest BCUT2D eigenvalue weighted by molar-refractivity contribution is 6.01. The number of halogens is 3. The average Bonchev–Trinajstić information content (AvgIpc) is 3.10. The third-order valence-corrected chi connectivity index (χ3v) is 5.67. The lowest BCUT2D eigenvalue weighted by Gasteiger charge is -2.36. The van der Waals surface area contributed by atoms with Crippen molar-refractivity contribution in [1.82, 2.24) is 0 Å². The maximum atomic E-state index is 14.1. The largest absolute Gasteiger partial charge is 0.457 e. The van der Waals surface area contributed by atoms with E-state index in [4.69, 9.17) is 4.74 Å². The molecule has 1 aliphatic rings. The highest BCUT2D eigenvalue weighted by Gasteiger charge is 2.61. The van der Waals surface area contributed by atoms with Crippen molar-refractivity contribution in [1.29, 1.82) is 0 Å². The van der Waals surface area contributed by atoms with Gasteiger partial charge in [-0.25, -0.2) is 4.79 Å². The Bertz CT molecular complexity index is 1200. The number of ether oxygens (including phenoxy) is 1. The van der Waals surface area contributed by atoms with E-state index in [9.17, 15) is 33.0 Å². The normalized spacial score (nSPS) is 15.4. The smallest absolute Gasteiger partial charge is 0.426 e. The molecule has 2 aromatic rings. The Balaban J connectivity index is 2.03. The van der Waals surface area contributed by atoms with Crippen LogP contribution in [0.15, 0.2) is 42.5 Å². The second kappa shape index (κ2) is 9.02. The molecule has 0 bridgehead atoms. The van der Waals surface area contributed by atoms with E-state index in [2.05, 4.69) is 17.2 Å². The molecule has 0 aromatic heterocycles. The summed E-state index contributed by atoms with van der Waals surface area (Å²) >= 11 is 0. The molecule has 6 nitrogen and oxygen atoms in total. The molecule has 1 heterocycles. The zero-order valence-corrected chi connectivity index (χ0v) is 19.7. The third-order valence-electron chi connectivity index (χ3n) is 5.67. The van der Waals surface area contributed by atoms with Gasteiger partial charge in [-0.1, -0.05) is 56.0 Å². The molecule has 2 aromatic carbocycles. The fourth-order valence-electron chi connectivity index (χ4n) is 3.77. The first-order chi connectivity index (χ1) is 16.0. The fourth-order valence-corrected chi connectivity index (χ4v) is 3.77. The Morgan fingerprint density at radius 1 is 1.09 bits per heavy atom. The van der Waals surface area contributed by atoms with E-state index < -0.39 is 41.1 Å². The maximum absolute atomic E-state index is 14.1. The molecule has 0 aliphatic carbocycles. The van der Waals surface area contributed by atoms with Gasteiger partial charge in [0.1, 0.15) is 12.2 Å². The van der Waals surface area contributed by atoms with Crippen LogP contribution in [0.2, 0.25) is 0 Å². The van der Waals surface area contributed by atoms with Crippen LogP contribution in [-0.4, -0.2) is 39.5 Å². The summed E-state index contributed by atoms with van der Waals surface area (Å²) in [5, 5.41) is 22.8. The van der Waals surface area contributed by atoms with Gasteiger partial charge in [0.15, 0.2) is 0 Å². The van der Waals surface area contributed by atoms with E-state index in [1.54, 1.807) is 30.3 Å². The third kappa shape index (κ3) is 5.66. The summed E-state index contributed by atoms with van der Waals surface area (Å²) in [5.41, 5.74) is -5.55. The summed E-state index contributed by atoms with van der Waals surface area (Å²) in [6.07, 6.45) is -6.24. The molecule has 3 N–H and O–H groups in total. The van der Waals surface area contributed by atoms with E-state index in [1.807, 2.05) is 0 Å². The first-order valence-electron chi connectivity index (χ1n) is 10.8. The summed E-state index contributed by atoms with van der Waals surface area (Å²) in [7, 11) is 0. The predicted octanol–water partition coefficient (Wildman–Crippen LogP) is 4.08. The molecule has 0 fully saturated rings. The lowest BCUT2D eigenvalue weighted by Crippen LogP contribution is -2.57. The van der Waals surface area contributed by atoms with Gasteiger partial charge in [0.25, 0.3) is 5.91 Å². The lowest BCUT2D eigenvalue weighted by molar-refractivity contribution is -0.254. The molecule has 0 saturated heterocycles. The monoisotopic (exact) mass is 489 g/mol. The van der Waals surface area contributed by atoms with Crippen molar-refractivity contribution in [2.75, 3.05) is 5.32 Å². The number of hydrogen-bond acceptors (Lipinski definition) is 5. The Morgan fingerprint density at radius 2 is 1.71 bits per heavy atom. The van der Waals surface area contributed by atoms with E-state index in [0.29, 0.717) is 11.1 Å². The van der Waals surface area contributed by atoms with Gasteiger partial charge in [0, 0.05) is 17.5 Å². The van der Waals surface area contributed by atoms with Crippen LogP contribution in [0.4, 0.5) is 18.9 Å². The van der Waals surface area contributed by atoms with Crippen LogP contribution in [0.5, 0.6) is 0 Å². The first kappa shape index (κ1) is 26.3. The zero-order valence-electron chi connectivity index (χ0n) is 19.7. The van der Waals surface area contributed by atoms with Gasteiger partial charge in [0.2, 0.25) is 5.60 Å². The van der Waals surface area contributed by atoms with Crippen molar-refractivity contribution in [3.63, 3.8) is 0 Å². The molecule has 1 unspecified atom stereocenters. The van der Waals surface area contributed by atoms with Gasteiger partial charge in [-0.05, 0) is 37.0 Å². The van der Waals surface area contributed by atoms with Crippen LogP contribution < -0.4 is 5.32 Å². The van der Waals surface area contributed by atoms with Gasteiger partial charge >= 0.3 is 12.1 Å². The molecule has 186 valence electrons. The van der Waals surface area contributed by atoms with Gasteiger partial charge in [-0.15, -0.1) is 0 Å². The van der Waals surface area contributed by atoms with Crippen molar-refractivity contribution in [2.24, 2.45) is 0 Å². The molecule has 0 radical (unpaired) electrons. The fraction of sp³-hybridized carbons (Fsp3) is 0.385. The number of benzene rings is 2. The van der Waals surface area contributed by atoms with Crippen molar-refractivity contribution in [2.45, 2.75) is 63.5 Å². The van der Waals surface area contributed by atoms with Crippen LogP contribution in [0.3, 0.4) is 0 Å². The second-order valence-electron chi connectivity index (χ2n) is 9.68. The SMILES string of the molecule is CC(C)(O)C#Cc1cc2c(cc1NC(=O)C(O)(CC(C)(C)c1ccccc1)C(F)(F)F)COC2=O. The number of aliphatic hydroxyl groups is 2. The van der Waals surface area contributed by atoms with Gasteiger partial charge in [0.05, 0.1) is 11.3 Å². The summed E-state index contributed by atoms with van der Waals surface area (Å²) < 4.78 is 47.4. The number of carbonyl (C=O) groups is 2. The number of cyclic esters (lactones) is 1. The minimum Gasteiger partial charge on any atom is -0.457 e. The number of hydrogen-bond donors (Lipinski definition) is 3. The quantitative estimate of drug-likeness (QED) is 0.435. The average molecular weight is 489 g/mol. The molecule has 9 heteroatoms. The van der Waals surface area contributed by atoms with Crippen LogP contribution in [-0.2, 0) is 21.6 Å². The standard InChI is InChI=1S/C26H26F3NO5/c1-23(2,18-8-6-5-7-9-18)15-25(34,26(27,28)29)22(32)30-20-13-17-14-35-21(31)19(17)12-16(20)10-11-24(3,4)33/h5-9,12-13,33-34H,14-15H2,1-4H3,(H,30,32). The van der Waals surface area contributed by atoms with E-state index >= 15 is 0 Å². The minimum atomic E-state index is -5.29. The zero-order chi connectivity index (χ0) is 26.2. The van der Waals surface area contributed by atoms with Crippen molar-refractivity contribution in [3.05, 3.63) is 64.7 Å². The van der Waals surface area contributed by atoms with Crippen LogP contribution >= 0.6 is 0 Å². The van der Waals surface area contributed by atoms with E-state index in [1.165, 1.54) is 39.8 Å². The van der Waals surface area contributed by atoms with Crippen molar-refractivity contribution >= 4 is 17.6 Å². The highest BCUT2D eigenvalue weighted by atomic mass is 19.4. The second-order valence-corrected chi connectivity index (χ2v) is 9.68. The lowest BCUT2D eigenvalue weighted by atomic mass is 9.74. The van der Waals surface area contributed by atoms with Crippen LogP contribution in [0.25, 0.3) is 0 Å². The molecule has 1 atom stereocenters. The summed E-state index contributed by atoms with van der Waals surface area (Å²) in [6.45, 7) is 5.68. The van der Waals surface area contributed by atoms with E-state index in [-0.39, 0.29) is 23.4 Å². The number of rotatable bonds is 5. The maximum Gasteiger partial charge on any atom is 0.426 e. The number of nitrogens with one attached hydrogen (secondary N) is 1. The number of amides is 1. The highest BCUT2D eigenvalue weighted by Crippen LogP contribution is 2.42. The van der Waals surface area contributed by atoms with Gasteiger partial charge in [-0.3, -0.25) is 4.79 Å². The topological polar surface area (TPSA) is 95.9 Å². The molecule has 3 rings (SSSR count). The van der Waals surface area contributed by atoms with Crippen molar-refractivity contribution < 1.29 is 37.7 Å².